The molecule has 0 unspecified atom stereocenters. The Bertz CT molecular complexity index is 783. The van der Waals surface area contributed by atoms with Crippen LogP contribution in [0.15, 0.2) is 41.0 Å². The van der Waals surface area contributed by atoms with E-state index in [1.54, 1.807) is 12.1 Å². The lowest BCUT2D eigenvalue weighted by molar-refractivity contribution is -0.384. The molecule has 2 heterocycles. The summed E-state index contributed by atoms with van der Waals surface area (Å²) >= 11 is 3.30. The summed E-state index contributed by atoms with van der Waals surface area (Å²) in [6.07, 6.45) is 0.575. The summed E-state index contributed by atoms with van der Waals surface area (Å²) in [5.74, 6) is 0.777. The molecule has 0 saturated carbocycles. The van der Waals surface area contributed by atoms with Gasteiger partial charge in [0.2, 0.25) is 0 Å². The largest absolute Gasteiger partial charge is 0.340 e. The van der Waals surface area contributed by atoms with Crippen LogP contribution < -0.4 is 0 Å². The van der Waals surface area contributed by atoms with Crippen molar-refractivity contribution in [1.29, 1.82) is 0 Å². The fourth-order valence-corrected chi connectivity index (χ4v) is 2.23. The van der Waals surface area contributed by atoms with Crippen molar-refractivity contribution in [2.45, 2.75) is 6.42 Å². The van der Waals surface area contributed by atoms with Crippen LogP contribution in [-0.2, 0) is 6.42 Å². The molecule has 100 valence electrons. The van der Waals surface area contributed by atoms with Crippen molar-refractivity contribution < 1.29 is 4.92 Å². The molecule has 1 N–H and O–H groups in total. The number of H-pyrrole nitrogens is 1. The molecule has 0 aliphatic carbocycles. The molecule has 7 heteroatoms. The lowest BCUT2D eigenvalue weighted by Crippen LogP contribution is -1.92. The lowest BCUT2D eigenvalue weighted by Gasteiger charge is -1.97. The first-order valence-corrected chi connectivity index (χ1v) is 6.65. The number of aromatic amines is 1. The lowest BCUT2D eigenvalue weighted by atomic mass is 10.1. The Kier molecular flexibility index (Phi) is 3.19. The van der Waals surface area contributed by atoms with Crippen molar-refractivity contribution in [1.82, 2.24) is 15.0 Å². The number of imidazole rings is 1. The zero-order chi connectivity index (χ0) is 14.1. The molecule has 0 saturated heterocycles. The van der Waals surface area contributed by atoms with Gasteiger partial charge in [0.1, 0.15) is 10.4 Å². The first kappa shape index (κ1) is 12.7. The maximum absolute atomic E-state index is 10.6. The predicted molar refractivity (Wildman–Crippen MR) is 77.5 cm³/mol. The minimum absolute atomic E-state index is 0.0870. The van der Waals surface area contributed by atoms with Crippen molar-refractivity contribution >= 4 is 32.8 Å². The average molecular weight is 333 g/mol. The number of hydrogen-bond donors (Lipinski definition) is 1. The van der Waals surface area contributed by atoms with Gasteiger partial charge in [-0.3, -0.25) is 10.1 Å². The van der Waals surface area contributed by atoms with Crippen LogP contribution in [0.3, 0.4) is 0 Å². The third-order valence-electron chi connectivity index (χ3n) is 2.88. The Morgan fingerprint density at radius 3 is 2.60 bits per heavy atom. The van der Waals surface area contributed by atoms with E-state index < -0.39 is 4.92 Å². The number of rotatable bonds is 3. The van der Waals surface area contributed by atoms with E-state index in [0.717, 1.165) is 21.5 Å². The highest BCUT2D eigenvalue weighted by Crippen LogP contribution is 2.17. The van der Waals surface area contributed by atoms with Gasteiger partial charge in [0.15, 0.2) is 5.65 Å². The van der Waals surface area contributed by atoms with Gasteiger partial charge in [0.25, 0.3) is 5.69 Å². The summed E-state index contributed by atoms with van der Waals surface area (Å²) in [7, 11) is 0. The van der Waals surface area contributed by atoms with Crippen molar-refractivity contribution in [3.8, 4) is 0 Å². The third-order valence-corrected chi connectivity index (χ3v) is 3.32. The number of non-ortho nitro benzene ring substituents is 1. The molecule has 6 nitrogen and oxygen atoms in total. The zero-order valence-corrected chi connectivity index (χ0v) is 11.8. The van der Waals surface area contributed by atoms with E-state index in [2.05, 4.69) is 30.9 Å². The smallest absolute Gasteiger partial charge is 0.269 e. The highest BCUT2D eigenvalue weighted by Gasteiger charge is 2.07. The predicted octanol–water partition coefficient (Wildman–Crippen LogP) is 3.22. The normalized spacial score (nSPS) is 10.8. The van der Waals surface area contributed by atoms with Crippen LogP contribution in [0.5, 0.6) is 0 Å². The zero-order valence-electron chi connectivity index (χ0n) is 10.2. The first-order chi connectivity index (χ1) is 9.61. The summed E-state index contributed by atoms with van der Waals surface area (Å²) < 4.78 is 0.735. The van der Waals surface area contributed by atoms with Crippen LogP contribution in [0.25, 0.3) is 11.2 Å². The van der Waals surface area contributed by atoms with Crippen molar-refractivity contribution in [3.05, 3.63) is 62.5 Å². The summed E-state index contributed by atoms with van der Waals surface area (Å²) in [6, 6.07) is 10.2. The number of nitro benzene ring substituents is 1. The van der Waals surface area contributed by atoms with Gasteiger partial charge in [-0.25, -0.2) is 9.97 Å². The highest BCUT2D eigenvalue weighted by molar-refractivity contribution is 9.10. The van der Waals surface area contributed by atoms with Gasteiger partial charge in [-0.1, -0.05) is 12.1 Å². The van der Waals surface area contributed by atoms with Gasteiger partial charge in [-0.2, -0.15) is 0 Å². The van der Waals surface area contributed by atoms with Crippen LogP contribution in [0, 0.1) is 10.1 Å². The molecule has 3 rings (SSSR count). The van der Waals surface area contributed by atoms with Crippen molar-refractivity contribution in [2.24, 2.45) is 0 Å². The Morgan fingerprint density at radius 1 is 1.15 bits per heavy atom. The van der Waals surface area contributed by atoms with Crippen molar-refractivity contribution in [3.63, 3.8) is 0 Å². The number of fused-ring (bicyclic) bond motifs is 1. The van der Waals surface area contributed by atoms with E-state index in [1.807, 2.05) is 12.1 Å². The second-order valence-electron chi connectivity index (χ2n) is 4.29. The summed E-state index contributed by atoms with van der Waals surface area (Å²) in [5, 5.41) is 10.6. The maximum atomic E-state index is 10.6. The molecular weight excluding hydrogens is 324 g/mol. The molecule has 0 atom stereocenters. The number of hydrogen-bond acceptors (Lipinski definition) is 4. The highest BCUT2D eigenvalue weighted by atomic mass is 79.9. The first-order valence-electron chi connectivity index (χ1n) is 5.86. The minimum Gasteiger partial charge on any atom is -0.340 e. The van der Waals surface area contributed by atoms with Crippen LogP contribution in [-0.4, -0.2) is 19.9 Å². The van der Waals surface area contributed by atoms with E-state index in [9.17, 15) is 10.1 Å². The number of nitrogens with one attached hydrogen (secondary N) is 1. The molecule has 2 aromatic heterocycles. The molecule has 0 spiro atoms. The Labute approximate surface area is 122 Å². The van der Waals surface area contributed by atoms with E-state index in [-0.39, 0.29) is 5.69 Å². The fraction of sp³-hybridized carbons (Fsp3) is 0.0769. The summed E-state index contributed by atoms with van der Waals surface area (Å²) in [5.41, 5.74) is 2.55. The van der Waals surface area contributed by atoms with E-state index in [1.165, 1.54) is 12.1 Å². The summed E-state index contributed by atoms with van der Waals surface area (Å²) in [6.45, 7) is 0. The van der Waals surface area contributed by atoms with Crippen molar-refractivity contribution in [2.75, 3.05) is 0 Å². The molecule has 1 aromatic carbocycles. The molecule has 0 amide bonds. The Morgan fingerprint density at radius 2 is 1.90 bits per heavy atom. The standard InChI is InChI=1S/C13H9BrN4O2/c14-11-6-5-10-13(16-11)17-12(15-10)7-8-1-3-9(4-2-8)18(19)20/h1-6H,7H2,(H,15,16,17). The van der Waals surface area contributed by atoms with Crippen LogP contribution in [0.1, 0.15) is 11.4 Å². The number of nitrogens with zero attached hydrogens (tertiary/aromatic N) is 3. The molecular formula is C13H9BrN4O2. The van der Waals surface area contributed by atoms with Crippen LogP contribution in [0.2, 0.25) is 0 Å². The van der Waals surface area contributed by atoms with E-state index in [0.29, 0.717) is 12.1 Å². The van der Waals surface area contributed by atoms with Gasteiger partial charge < -0.3 is 4.98 Å². The molecule has 0 aliphatic heterocycles. The third kappa shape index (κ3) is 2.53. The molecule has 0 radical (unpaired) electrons. The number of halogens is 1. The van der Waals surface area contributed by atoms with Crippen LogP contribution >= 0.6 is 15.9 Å². The van der Waals surface area contributed by atoms with E-state index >= 15 is 0 Å². The topological polar surface area (TPSA) is 84.7 Å². The van der Waals surface area contributed by atoms with Crippen LogP contribution in [0.4, 0.5) is 5.69 Å². The monoisotopic (exact) mass is 332 g/mol. The fourth-order valence-electron chi connectivity index (χ4n) is 1.93. The molecule has 0 bridgehead atoms. The van der Waals surface area contributed by atoms with E-state index in [4.69, 9.17) is 0 Å². The number of pyridine rings is 1. The van der Waals surface area contributed by atoms with Gasteiger partial charge in [0.05, 0.1) is 10.4 Å². The second-order valence-corrected chi connectivity index (χ2v) is 5.10. The molecule has 0 aliphatic rings. The Balaban J connectivity index is 1.87. The van der Waals surface area contributed by atoms with Gasteiger partial charge in [-0.15, -0.1) is 0 Å². The molecule has 20 heavy (non-hydrogen) atoms. The second kappa shape index (κ2) is 5.01. The number of aromatic nitrogens is 3. The maximum Gasteiger partial charge on any atom is 0.269 e. The number of nitro groups is 1. The van der Waals surface area contributed by atoms with Gasteiger partial charge in [-0.05, 0) is 33.6 Å². The summed E-state index contributed by atoms with van der Waals surface area (Å²) in [4.78, 5) is 22.0. The molecule has 3 aromatic rings. The molecule has 0 fully saturated rings. The van der Waals surface area contributed by atoms with Gasteiger partial charge >= 0.3 is 0 Å². The minimum atomic E-state index is -0.410. The number of benzene rings is 1. The average Bonchev–Trinajstić information content (AvgIpc) is 2.80. The quantitative estimate of drug-likeness (QED) is 0.453. The Hall–Kier alpha value is -2.28. The SMILES string of the molecule is O=[N+]([O-])c1ccc(Cc2nc3nc(Br)ccc3[nH]2)cc1. The van der Waals surface area contributed by atoms with Gasteiger partial charge in [0, 0.05) is 18.6 Å².